The molecule has 0 aliphatic carbocycles. The van der Waals surface area contributed by atoms with E-state index < -0.39 is 0 Å². The van der Waals surface area contributed by atoms with Crippen LogP contribution in [0.15, 0.2) is 54.7 Å². The van der Waals surface area contributed by atoms with E-state index in [-0.39, 0.29) is 12.1 Å². The van der Waals surface area contributed by atoms with E-state index in [4.69, 9.17) is 0 Å². The van der Waals surface area contributed by atoms with Gasteiger partial charge >= 0.3 is 0 Å². The first-order valence-electron chi connectivity index (χ1n) is 8.13. The molecule has 0 radical (unpaired) electrons. The highest BCUT2D eigenvalue weighted by Crippen LogP contribution is 2.17. The molecule has 1 amide bonds. The van der Waals surface area contributed by atoms with Crippen LogP contribution < -0.4 is 21.9 Å². The highest BCUT2D eigenvalue weighted by Gasteiger charge is 2.16. The van der Waals surface area contributed by atoms with Crippen molar-refractivity contribution in [2.75, 3.05) is 7.05 Å². The molecule has 5 N–H and O–H groups in total. The summed E-state index contributed by atoms with van der Waals surface area (Å²) in [5.41, 5.74) is 15.5. The minimum atomic E-state index is -0.0174. The van der Waals surface area contributed by atoms with Crippen LogP contribution in [0.4, 0.5) is 0 Å². The lowest BCUT2D eigenvalue weighted by Crippen LogP contribution is -2.33. The van der Waals surface area contributed by atoms with E-state index in [0.29, 0.717) is 12.1 Å². The fraction of sp³-hybridized carbons (Fsp3) is 0.167. The standard InChI is InChI=1S/C18H20N6O/c1-24(18(25)15-6-5-13-7-8-19-16(13)10-15)11-12-3-2-4-14(9-12)17-20-22-23-21-17/h2-10,17,19-23H,11H2,1H3. The number of fused-ring (bicyclic) bond motifs is 1. The third kappa shape index (κ3) is 3.26. The lowest BCUT2D eigenvalue weighted by atomic mass is 10.1. The monoisotopic (exact) mass is 336 g/mol. The molecule has 0 unspecified atom stereocenters. The fourth-order valence-electron chi connectivity index (χ4n) is 3.04. The molecule has 1 aromatic heterocycles. The summed E-state index contributed by atoms with van der Waals surface area (Å²) in [4.78, 5) is 17.6. The van der Waals surface area contributed by atoms with Gasteiger partial charge in [-0.1, -0.05) is 30.3 Å². The van der Waals surface area contributed by atoms with Gasteiger partial charge in [-0.2, -0.15) is 11.1 Å². The number of amides is 1. The summed E-state index contributed by atoms with van der Waals surface area (Å²) in [5.74, 6) is 0.00218. The number of aromatic nitrogens is 1. The topological polar surface area (TPSA) is 84.2 Å². The first kappa shape index (κ1) is 15.8. The van der Waals surface area contributed by atoms with Crippen LogP contribution in [-0.4, -0.2) is 22.8 Å². The quantitative estimate of drug-likeness (QED) is 0.499. The summed E-state index contributed by atoms with van der Waals surface area (Å²) >= 11 is 0. The summed E-state index contributed by atoms with van der Waals surface area (Å²) in [7, 11) is 1.82. The molecule has 25 heavy (non-hydrogen) atoms. The van der Waals surface area contributed by atoms with Gasteiger partial charge in [0.05, 0.1) is 0 Å². The molecule has 2 aromatic carbocycles. The van der Waals surface area contributed by atoms with Crippen molar-refractivity contribution >= 4 is 16.8 Å². The Morgan fingerprint density at radius 3 is 2.76 bits per heavy atom. The van der Waals surface area contributed by atoms with Crippen molar-refractivity contribution in [3.8, 4) is 0 Å². The van der Waals surface area contributed by atoms with E-state index in [0.717, 1.165) is 22.0 Å². The number of aromatic amines is 1. The number of carbonyl (C=O) groups excluding carboxylic acids is 1. The molecule has 7 heteroatoms. The highest BCUT2D eigenvalue weighted by atomic mass is 16.2. The maximum Gasteiger partial charge on any atom is 0.253 e. The third-order valence-electron chi connectivity index (χ3n) is 4.35. The van der Waals surface area contributed by atoms with E-state index in [1.54, 1.807) is 4.90 Å². The normalized spacial score (nSPS) is 14.9. The molecule has 128 valence electrons. The zero-order chi connectivity index (χ0) is 17.2. The Labute approximate surface area is 145 Å². The molecule has 7 nitrogen and oxygen atoms in total. The molecular weight excluding hydrogens is 316 g/mol. The second-order valence-corrected chi connectivity index (χ2v) is 6.16. The maximum absolute atomic E-state index is 12.7. The SMILES string of the molecule is CN(Cc1cccc(C2NNNN2)c1)C(=O)c1ccc2cc[nH]c2c1. The number of nitrogens with one attached hydrogen (secondary N) is 5. The number of rotatable bonds is 4. The smallest absolute Gasteiger partial charge is 0.253 e. The summed E-state index contributed by atoms with van der Waals surface area (Å²) < 4.78 is 0. The Morgan fingerprint density at radius 2 is 1.92 bits per heavy atom. The Hall–Kier alpha value is -2.71. The second-order valence-electron chi connectivity index (χ2n) is 6.16. The summed E-state index contributed by atoms with van der Waals surface area (Å²) in [6.07, 6.45) is 1.86. The van der Waals surface area contributed by atoms with Crippen LogP contribution in [0.3, 0.4) is 0 Å². The zero-order valence-electron chi connectivity index (χ0n) is 13.8. The van der Waals surface area contributed by atoms with Crippen molar-refractivity contribution in [3.05, 3.63) is 71.4 Å². The largest absolute Gasteiger partial charge is 0.361 e. The van der Waals surface area contributed by atoms with E-state index in [1.165, 1.54) is 0 Å². The van der Waals surface area contributed by atoms with Gasteiger partial charge in [0, 0.05) is 30.9 Å². The van der Waals surface area contributed by atoms with Gasteiger partial charge in [0.15, 0.2) is 0 Å². The number of H-pyrrole nitrogens is 1. The Bertz CT molecular complexity index is 899. The molecule has 0 spiro atoms. The van der Waals surface area contributed by atoms with Gasteiger partial charge in [-0.25, -0.2) is 10.9 Å². The van der Waals surface area contributed by atoms with Gasteiger partial charge in [0.25, 0.3) is 5.91 Å². The van der Waals surface area contributed by atoms with Crippen molar-refractivity contribution in [1.29, 1.82) is 0 Å². The first-order chi connectivity index (χ1) is 12.2. The van der Waals surface area contributed by atoms with Crippen LogP contribution in [0.2, 0.25) is 0 Å². The Balaban J connectivity index is 1.49. The minimum absolute atomic E-state index is 0.00218. The van der Waals surface area contributed by atoms with Gasteiger partial charge in [-0.3, -0.25) is 4.79 Å². The van der Waals surface area contributed by atoms with Crippen molar-refractivity contribution in [1.82, 2.24) is 31.8 Å². The predicted octanol–water partition coefficient (Wildman–Crippen LogP) is 1.56. The lowest BCUT2D eigenvalue weighted by molar-refractivity contribution is 0.0785. The number of hydrazine groups is 3. The summed E-state index contributed by atoms with van der Waals surface area (Å²) in [5, 5.41) is 1.10. The molecular formula is C18H20N6O. The van der Waals surface area contributed by atoms with Crippen LogP contribution in [0.5, 0.6) is 0 Å². The minimum Gasteiger partial charge on any atom is -0.361 e. The molecule has 1 aliphatic rings. The summed E-state index contributed by atoms with van der Waals surface area (Å²) in [6, 6.07) is 15.9. The van der Waals surface area contributed by atoms with E-state index in [9.17, 15) is 4.79 Å². The molecule has 1 fully saturated rings. The van der Waals surface area contributed by atoms with Crippen LogP contribution in [0, 0.1) is 0 Å². The van der Waals surface area contributed by atoms with Crippen molar-refractivity contribution < 1.29 is 4.79 Å². The van der Waals surface area contributed by atoms with Gasteiger partial charge in [0.1, 0.15) is 6.17 Å². The number of benzene rings is 2. The lowest BCUT2D eigenvalue weighted by Gasteiger charge is -2.18. The molecule has 2 heterocycles. The second kappa shape index (κ2) is 6.66. The van der Waals surface area contributed by atoms with E-state index in [2.05, 4.69) is 33.0 Å². The molecule has 0 atom stereocenters. The number of hydrogen-bond acceptors (Lipinski definition) is 5. The van der Waals surface area contributed by atoms with Gasteiger partial charge in [0.2, 0.25) is 0 Å². The number of nitrogens with zero attached hydrogens (tertiary/aromatic N) is 1. The highest BCUT2D eigenvalue weighted by molar-refractivity contribution is 5.97. The average molecular weight is 336 g/mol. The number of hydrogen-bond donors (Lipinski definition) is 5. The average Bonchev–Trinajstić information content (AvgIpc) is 3.32. The predicted molar refractivity (Wildman–Crippen MR) is 95.8 cm³/mol. The van der Waals surface area contributed by atoms with E-state index >= 15 is 0 Å². The molecule has 0 saturated carbocycles. The molecule has 1 saturated heterocycles. The van der Waals surface area contributed by atoms with Crippen LogP contribution in [0.1, 0.15) is 27.7 Å². The molecule has 3 aromatic rings. The molecule has 0 bridgehead atoms. The fourth-order valence-corrected chi connectivity index (χ4v) is 3.04. The van der Waals surface area contributed by atoms with Gasteiger partial charge in [-0.05, 0) is 34.7 Å². The van der Waals surface area contributed by atoms with Crippen molar-refractivity contribution in [2.24, 2.45) is 0 Å². The van der Waals surface area contributed by atoms with Crippen LogP contribution >= 0.6 is 0 Å². The maximum atomic E-state index is 12.7. The van der Waals surface area contributed by atoms with Crippen LogP contribution in [-0.2, 0) is 6.54 Å². The van der Waals surface area contributed by atoms with Crippen LogP contribution in [0.25, 0.3) is 10.9 Å². The number of carbonyl (C=O) groups is 1. The summed E-state index contributed by atoms with van der Waals surface area (Å²) in [6.45, 7) is 0.545. The Kier molecular flexibility index (Phi) is 4.21. The Morgan fingerprint density at radius 1 is 1.08 bits per heavy atom. The van der Waals surface area contributed by atoms with E-state index in [1.807, 2.05) is 55.7 Å². The molecule has 4 rings (SSSR count). The van der Waals surface area contributed by atoms with Crippen molar-refractivity contribution in [3.63, 3.8) is 0 Å². The molecule has 1 aliphatic heterocycles. The van der Waals surface area contributed by atoms with Gasteiger partial charge < -0.3 is 9.88 Å². The third-order valence-corrected chi connectivity index (χ3v) is 4.35. The first-order valence-corrected chi connectivity index (χ1v) is 8.13. The zero-order valence-corrected chi connectivity index (χ0v) is 13.8. The van der Waals surface area contributed by atoms with Gasteiger partial charge in [-0.15, -0.1) is 0 Å². The van der Waals surface area contributed by atoms with Crippen molar-refractivity contribution in [2.45, 2.75) is 12.7 Å².